The third-order valence-corrected chi connectivity index (χ3v) is 4.74. The molecule has 0 saturated carbocycles. The number of likely N-dealkylation sites (N-methyl/N-ethyl adjacent to an activating group) is 1. The molecule has 1 unspecified atom stereocenters. The maximum atomic E-state index is 11.1. The van der Waals surface area contributed by atoms with Crippen molar-refractivity contribution in [3.05, 3.63) is 0 Å². The Hall–Kier alpha value is -0.690. The van der Waals surface area contributed by atoms with Gasteiger partial charge >= 0.3 is 0 Å². The first-order chi connectivity index (χ1) is 12.6. The summed E-state index contributed by atoms with van der Waals surface area (Å²) in [6, 6.07) is 0. The van der Waals surface area contributed by atoms with E-state index in [9.17, 15) is 9.90 Å². The monoisotopic (exact) mass is 375 g/mol. The quantitative estimate of drug-likeness (QED) is 0.201. The van der Waals surface area contributed by atoms with Crippen molar-refractivity contribution < 1.29 is 29.2 Å². The third kappa shape index (κ3) is 14.5. The van der Waals surface area contributed by atoms with Crippen LogP contribution in [0.25, 0.3) is 0 Å². The van der Waals surface area contributed by atoms with E-state index in [-0.39, 0.29) is 24.4 Å². The summed E-state index contributed by atoms with van der Waals surface area (Å²) in [5, 5.41) is 19.8. The van der Waals surface area contributed by atoms with E-state index in [0.29, 0.717) is 26.3 Å². The van der Waals surface area contributed by atoms with Gasteiger partial charge in [0.05, 0.1) is 25.8 Å². The fourth-order valence-electron chi connectivity index (χ4n) is 3.13. The lowest BCUT2D eigenvalue weighted by molar-refractivity contribution is -1.10. The number of nitrogens with zero attached hydrogens (tertiary/aromatic N) is 1. The highest BCUT2D eigenvalue weighted by molar-refractivity contribution is 5.65. The first-order valence-electron chi connectivity index (χ1n) is 10.5. The number of carbonyl (C=O) groups excluding carboxylic acids is 1. The number of carboxylic acid groups (broad SMARTS) is 1. The highest BCUT2D eigenvalue weighted by Gasteiger charge is 2.27. The van der Waals surface area contributed by atoms with Crippen LogP contribution in [-0.4, -0.2) is 61.8 Å². The molecular weight excluding hydrogens is 334 g/mol. The lowest BCUT2D eigenvalue weighted by Crippen LogP contribution is -2.54. The molecule has 0 spiro atoms. The van der Waals surface area contributed by atoms with Crippen molar-refractivity contribution in [1.29, 1.82) is 0 Å². The molecule has 156 valence electrons. The molecule has 0 aromatic carbocycles. The minimum atomic E-state index is -1.09. The number of rotatable bonds is 20. The molecule has 26 heavy (non-hydrogen) atoms. The van der Waals surface area contributed by atoms with Gasteiger partial charge in [0.25, 0.3) is 0 Å². The molecule has 0 heterocycles. The highest BCUT2D eigenvalue weighted by Crippen LogP contribution is 2.14. The average Bonchev–Trinajstić information content (AvgIpc) is 2.62. The second-order valence-corrected chi connectivity index (χ2v) is 6.98. The summed E-state index contributed by atoms with van der Waals surface area (Å²) in [4.78, 5) is 16.9. The lowest BCUT2D eigenvalue weighted by atomic mass is 10.1. The second kappa shape index (κ2) is 17.7. The second-order valence-electron chi connectivity index (χ2n) is 6.98. The Morgan fingerprint density at radius 1 is 0.885 bits per heavy atom. The van der Waals surface area contributed by atoms with E-state index in [2.05, 4.69) is 6.92 Å². The van der Waals surface area contributed by atoms with Crippen molar-refractivity contribution in [2.24, 2.45) is 0 Å². The van der Waals surface area contributed by atoms with Crippen LogP contribution < -0.4 is 5.11 Å². The molecule has 0 aromatic heterocycles. The number of carboxylic acids is 1. The zero-order chi connectivity index (χ0) is 19.5. The van der Waals surface area contributed by atoms with Crippen molar-refractivity contribution in [1.82, 2.24) is 0 Å². The molecule has 0 aliphatic heterocycles. The number of unbranched alkanes of at least 4 members (excludes halogenated alkanes) is 9. The molecule has 1 atom stereocenters. The number of quaternary nitrogens is 1. The normalized spacial score (nSPS) is 13.7. The molecule has 1 N–H and O–H groups in total. The van der Waals surface area contributed by atoms with Crippen LogP contribution in [0, 0.1) is 0 Å². The van der Waals surface area contributed by atoms with Gasteiger partial charge in [-0.25, -0.2) is 4.84 Å². The van der Waals surface area contributed by atoms with Crippen LogP contribution in [0.15, 0.2) is 0 Å². The standard InChI is InChI=1S/C20H41NO5/c1-3-5-6-7-8-9-10-11-12-13-14-21(4-2,19-20(23)24)26-18-17-25-16-15-22/h22H,3-19H2,1-2H3. The van der Waals surface area contributed by atoms with Crippen LogP contribution in [0.5, 0.6) is 0 Å². The van der Waals surface area contributed by atoms with E-state index in [4.69, 9.17) is 14.7 Å². The van der Waals surface area contributed by atoms with Crippen molar-refractivity contribution >= 4 is 5.97 Å². The van der Waals surface area contributed by atoms with E-state index in [1.165, 1.54) is 51.4 Å². The van der Waals surface area contributed by atoms with Crippen LogP contribution in [0.2, 0.25) is 0 Å². The van der Waals surface area contributed by atoms with Crippen molar-refractivity contribution in [2.45, 2.75) is 78.1 Å². The Bertz CT molecular complexity index is 327. The van der Waals surface area contributed by atoms with Gasteiger partial charge in [-0.2, -0.15) is 4.65 Å². The molecular formula is C20H41NO5. The van der Waals surface area contributed by atoms with Crippen LogP contribution in [0.4, 0.5) is 0 Å². The van der Waals surface area contributed by atoms with Gasteiger partial charge in [0.1, 0.15) is 26.2 Å². The fraction of sp³-hybridized carbons (Fsp3) is 0.950. The lowest BCUT2D eigenvalue weighted by Gasteiger charge is -2.35. The maximum Gasteiger partial charge on any atom is 0.149 e. The molecule has 0 aromatic rings. The predicted octanol–water partition coefficient (Wildman–Crippen LogP) is 2.43. The van der Waals surface area contributed by atoms with E-state index in [1.54, 1.807) is 0 Å². The van der Waals surface area contributed by atoms with Gasteiger partial charge in [-0.3, -0.25) is 0 Å². The zero-order valence-electron chi connectivity index (χ0n) is 17.0. The van der Waals surface area contributed by atoms with E-state index in [0.717, 1.165) is 12.8 Å². The maximum absolute atomic E-state index is 11.1. The Morgan fingerprint density at radius 2 is 1.46 bits per heavy atom. The number of hydrogen-bond acceptors (Lipinski definition) is 5. The van der Waals surface area contributed by atoms with Gasteiger partial charge in [0, 0.05) is 0 Å². The number of carbonyl (C=O) groups is 1. The number of aliphatic hydroxyl groups is 1. The molecule has 0 aliphatic carbocycles. The average molecular weight is 376 g/mol. The first-order valence-corrected chi connectivity index (χ1v) is 10.5. The Kier molecular flexibility index (Phi) is 17.2. The minimum Gasteiger partial charge on any atom is -0.544 e. The number of hydroxylamine groups is 3. The molecule has 6 nitrogen and oxygen atoms in total. The summed E-state index contributed by atoms with van der Waals surface area (Å²) in [7, 11) is 0. The van der Waals surface area contributed by atoms with Crippen molar-refractivity contribution in [2.75, 3.05) is 46.1 Å². The van der Waals surface area contributed by atoms with E-state index >= 15 is 0 Å². The minimum absolute atomic E-state index is 0.0224. The Balaban J connectivity index is 3.97. The van der Waals surface area contributed by atoms with Gasteiger partial charge < -0.3 is 19.7 Å². The third-order valence-electron chi connectivity index (χ3n) is 4.74. The Morgan fingerprint density at radius 3 is 1.96 bits per heavy atom. The van der Waals surface area contributed by atoms with Gasteiger partial charge in [-0.15, -0.1) is 0 Å². The first kappa shape index (κ1) is 25.3. The predicted molar refractivity (Wildman–Crippen MR) is 101 cm³/mol. The largest absolute Gasteiger partial charge is 0.544 e. The molecule has 0 amide bonds. The van der Waals surface area contributed by atoms with Crippen molar-refractivity contribution in [3.63, 3.8) is 0 Å². The topological polar surface area (TPSA) is 78.8 Å². The van der Waals surface area contributed by atoms with Crippen LogP contribution in [0.3, 0.4) is 0 Å². The molecule has 0 rings (SSSR count). The highest BCUT2D eigenvalue weighted by atomic mass is 16.7. The van der Waals surface area contributed by atoms with E-state index in [1.807, 2.05) is 6.92 Å². The molecule has 0 bridgehead atoms. The van der Waals surface area contributed by atoms with E-state index < -0.39 is 5.97 Å². The molecule has 0 aliphatic rings. The fourth-order valence-corrected chi connectivity index (χ4v) is 3.13. The summed E-state index contributed by atoms with van der Waals surface area (Å²) in [5.74, 6) is -1.09. The summed E-state index contributed by atoms with van der Waals surface area (Å²) in [6.07, 6.45) is 12.5. The summed E-state index contributed by atoms with van der Waals surface area (Å²) in [5.41, 5.74) is 0. The summed E-state index contributed by atoms with van der Waals surface area (Å²) >= 11 is 0. The summed E-state index contributed by atoms with van der Waals surface area (Å²) < 4.78 is 5.27. The molecule has 6 heteroatoms. The number of ether oxygens (including phenoxy) is 1. The smallest absolute Gasteiger partial charge is 0.149 e. The van der Waals surface area contributed by atoms with Crippen LogP contribution in [0.1, 0.15) is 78.1 Å². The number of aliphatic hydroxyl groups excluding tert-OH is 1. The molecule has 0 radical (unpaired) electrons. The molecule has 0 saturated heterocycles. The van der Waals surface area contributed by atoms with Gasteiger partial charge in [0.15, 0.2) is 0 Å². The van der Waals surface area contributed by atoms with Gasteiger partial charge in [-0.05, 0) is 19.8 Å². The van der Waals surface area contributed by atoms with Crippen LogP contribution in [-0.2, 0) is 14.4 Å². The molecule has 0 fully saturated rings. The number of aliphatic carboxylic acids is 1. The summed E-state index contributed by atoms with van der Waals surface area (Å²) in [6.45, 7) is 6.24. The van der Waals surface area contributed by atoms with Crippen molar-refractivity contribution in [3.8, 4) is 0 Å². The van der Waals surface area contributed by atoms with Gasteiger partial charge in [-0.1, -0.05) is 58.3 Å². The SMILES string of the molecule is CCCCCCCCCCCC[N+](CC)(CC(=O)[O-])OCCOCCO. The van der Waals surface area contributed by atoms with Crippen LogP contribution >= 0.6 is 0 Å². The zero-order valence-corrected chi connectivity index (χ0v) is 17.0. The van der Waals surface area contributed by atoms with Gasteiger partial charge in [0.2, 0.25) is 0 Å². The number of hydrogen-bond donors (Lipinski definition) is 1. The Labute approximate surface area is 160 Å².